The summed E-state index contributed by atoms with van der Waals surface area (Å²) in [5.41, 5.74) is 1.63. The highest BCUT2D eigenvalue weighted by molar-refractivity contribution is 6.00. The van der Waals surface area contributed by atoms with Crippen molar-refractivity contribution in [1.82, 2.24) is 15.1 Å². The Morgan fingerprint density at radius 3 is 2.16 bits per heavy atom. The van der Waals surface area contributed by atoms with E-state index >= 15 is 0 Å². The van der Waals surface area contributed by atoms with Gasteiger partial charge in [-0.3, -0.25) is 14.5 Å². The van der Waals surface area contributed by atoms with E-state index in [4.69, 9.17) is 4.74 Å². The van der Waals surface area contributed by atoms with E-state index in [0.29, 0.717) is 31.7 Å². The number of amides is 2. The summed E-state index contributed by atoms with van der Waals surface area (Å²) >= 11 is 0. The number of piperazine rings is 1. The molecule has 206 valence electrons. The van der Waals surface area contributed by atoms with Crippen LogP contribution in [-0.4, -0.2) is 66.9 Å². The average Bonchev–Trinajstić information content (AvgIpc) is 2.89. The maximum Gasteiger partial charge on any atom is 0.246 e. The molecule has 2 fully saturated rings. The van der Waals surface area contributed by atoms with Gasteiger partial charge in [0.15, 0.2) is 0 Å². The van der Waals surface area contributed by atoms with Crippen LogP contribution < -0.4 is 15.0 Å². The molecule has 2 heterocycles. The number of hydrogen-bond acceptors (Lipinski definition) is 5. The first kappa shape index (κ1) is 28.0. The number of carbonyl (C=O) groups excluding carboxylic acids is 2. The summed E-state index contributed by atoms with van der Waals surface area (Å²) in [6.07, 6.45) is 3.97. The first-order valence-electron chi connectivity index (χ1n) is 14.1. The van der Waals surface area contributed by atoms with Crippen LogP contribution in [0.3, 0.4) is 0 Å². The molecular weight excluding hydrogens is 476 g/mol. The lowest BCUT2D eigenvalue weighted by Crippen LogP contribution is -2.73. The summed E-state index contributed by atoms with van der Waals surface area (Å²) in [7, 11) is 4.04. The third kappa shape index (κ3) is 6.32. The Kier molecular flexibility index (Phi) is 8.98. The second kappa shape index (κ2) is 12.2. The predicted molar refractivity (Wildman–Crippen MR) is 153 cm³/mol. The smallest absolute Gasteiger partial charge is 0.246 e. The highest BCUT2D eigenvalue weighted by atomic mass is 16.5. The van der Waals surface area contributed by atoms with Crippen LogP contribution >= 0.6 is 0 Å². The Hall–Kier alpha value is -3.06. The van der Waals surface area contributed by atoms with Crippen molar-refractivity contribution in [3.05, 3.63) is 54.1 Å². The summed E-state index contributed by atoms with van der Waals surface area (Å²) in [6.45, 7) is 9.38. The van der Waals surface area contributed by atoms with Crippen molar-refractivity contribution in [2.75, 3.05) is 38.6 Å². The van der Waals surface area contributed by atoms with E-state index in [1.54, 1.807) is 0 Å². The zero-order valence-corrected chi connectivity index (χ0v) is 23.7. The molecule has 0 saturated carbocycles. The minimum absolute atomic E-state index is 0.0404. The zero-order valence-electron chi connectivity index (χ0n) is 23.7. The van der Waals surface area contributed by atoms with Crippen molar-refractivity contribution in [1.29, 1.82) is 0 Å². The number of hydrogen-bond donors (Lipinski definition) is 1. The predicted octanol–water partition coefficient (Wildman–Crippen LogP) is 5.05. The molecule has 0 aromatic heterocycles. The first-order chi connectivity index (χ1) is 18.2. The van der Waals surface area contributed by atoms with Gasteiger partial charge in [0.1, 0.15) is 23.1 Å². The molecule has 0 bridgehead atoms. The number of carbonyl (C=O) groups is 2. The molecule has 4 rings (SSSR count). The Morgan fingerprint density at radius 2 is 1.61 bits per heavy atom. The molecule has 2 aliphatic heterocycles. The van der Waals surface area contributed by atoms with E-state index in [9.17, 15) is 9.59 Å². The molecule has 1 atom stereocenters. The minimum Gasteiger partial charge on any atom is -0.457 e. The van der Waals surface area contributed by atoms with Crippen molar-refractivity contribution in [3.63, 3.8) is 0 Å². The lowest BCUT2D eigenvalue weighted by Gasteiger charge is -2.52. The fourth-order valence-electron chi connectivity index (χ4n) is 5.60. The standard InChI is InChI=1S/C31H44N4O3/c1-6-7-18-35-29(36)28(21-23(2)3)32-30(37)31(35)16-19-34(20-17-31)22-24-8-12-26(13-9-24)38-27-14-10-25(11-15-27)33(4)5/h8-15,23,28H,6-7,16-22H2,1-5H3,(H,32,37). The molecule has 38 heavy (non-hydrogen) atoms. The Balaban J connectivity index is 1.36. The summed E-state index contributed by atoms with van der Waals surface area (Å²) in [6, 6.07) is 15.9. The van der Waals surface area contributed by atoms with Crippen LogP contribution in [0.15, 0.2) is 48.5 Å². The minimum atomic E-state index is -0.712. The quantitative estimate of drug-likeness (QED) is 0.475. The molecule has 1 N–H and O–H groups in total. The molecular formula is C31H44N4O3. The molecule has 1 spiro atoms. The number of rotatable bonds is 10. The highest BCUT2D eigenvalue weighted by Crippen LogP contribution is 2.35. The van der Waals surface area contributed by atoms with E-state index in [1.165, 1.54) is 5.56 Å². The van der Waals surface area contributed by atoms with Crippen LogP contribution in [0.25, 0.3) is 0 Å². The zero-order chi connectivity index (χ0) is 27.3. The van der Waals surface area contributed by atoms with Gasteiger partial charge in [-0.05, 0) is 73.6 Å². The molecule has 2 aliphatic rings. The van der Waals surface area contributed by atoms with Crippen LogP contribution in [0.1, 0.15) is 58.4 Å². The number of ether oxygens (including phenoxy) is 1. The van der Waals surface area contributed by atoms with Crippen LogP contribution in [0.2, 0.25) is 0 Å². The van der Waals surface area contributed by atoms with Gasteiger partial charge in [-0.25, -0.2) is 0 Å². The van der Waals surface area contributed by atoms with Gasteiger partial charge in [0.05, 0.1) is 0 Å². The van der Waals surface area contributed by atoms with Crippen LogP contribution in [0.4, 0.5) is 5.69 Å². The molecule has 0 aliphatic carbocycles. The molecule has 7 heteroatoms. The summed E-state index contributed by atoms with van der Waals surface area (Å²) < 4.78 is 6.02. The number of nitrogens with one attached hydrogen (secondary N) is 1. The van der Waals surface area contributed by atoms with Crippen LogP contribution in [0, 0.1) is 5.92 Å². The average molecular weight is 521 g/mol. The maximum atomic E-state index is 13.5. The van der Waals surface area contributed by atoms with Gasteiger partial charge >= 0.3 is 0 Å². The Labute approximate surface area is 228 Å². The van der Waals surface area contributed by atoms with Gasteiger partial charge in [-0.2, -0.15) is 0 Å². The molecule has 7 nitrogen and oxygen atoms in total. The number of nitrogens with zero attached hydrogens (tertiary/aromatic N) is 3. The Morgan fingerprint density at radius 1 is 1.00 bits per heavy atom. The number of likely N-dealkylation sites (tertiary alicyclic amines) is 1. The van der Waals surface area contributed by atoms with E-state index in [1.807, 2.05) is 55.4 Å². The fraction of sp³-hybridized carbons (Fsp3) is 0.548. The number of benzene rings is 2. The van der Waals surface area contributed by atoms with Crippen molar-refractivity contribution < 1.29 is 14.3 Å². The third-order valence-electron chi connectivity index (χ3n) is 7.85. The largest absolute Gasteiger partial charge is 0.457 e. The van der Waals surface area contributed by atoms with Crippen molar-refractivity contribution >= 4 is 17.5 Å². The van der Waals surface area contributed by atoms with Crippen molar-refractivity contribution in [2.24, 2.45) is 5.92 Å². The van der Waals surface area contributed by atoms with Crippen molar-refractivity contribution in [2.45, 2.75) is 71.0 Å². The van der Waals surface area contributed by atoms with Crippen LogP contribution in [0.5, 0.6) is 11.5 Å². The molecule has 2 aromatic carbocycles. The molecule has 2 amide bonds. The molecule has 2 saturated heterocycles. The summed E-state index contributed by atoms with van der Waals surface area (Å²) in [4.78, 5) is 33.3. The lowest BCUT2D eigenvalue weighted by molar-refractivity contribution is -0.161. The van der Waals surface area contributed by atoms with Gasteiger partial charge in [-0.15, -0.1) is 0 Å². The van der Waals surface area contributed by atoms with E-state index in [0.717, 1.165) is 49.7 Å². The monoisotopic (exact) mass is 520 g/mol. The normalized spacial score (nSPS) is 19.6. The molecule has 1 unspecified atom stereocenters. The lowest BCUT2D eigenvalue weighted by atomic mass is 9.80. The third-order valence-corrected chi connectivity index (χ3v) is 7.85. The molecule has 0 radical (unpaired) electrons. The van der Waals surface area contributed by atoms with E-state index in [2.05, 4.69) is 48.0 Å². The number of unbranched alkanes of at least 4 members (excludes halogenated alkanes) is 1. The topological polar surface area (TPSA) is 65.1 Å². The van der Waals surface area contributed by atoms with Gasteiger partial charge in [0.25, 0.3) is 0 Å². The second-order valence-electron chi connectivity index (χ2n) is 11.4. The Bertz CT molecular complexity index is 1070. The van der Waals surface area contributed by atoms with Gasteiger partial charge in [0.2, 0.25) is 11.8 Å². The first-order valence-corrected chi connectivity index (χ1v) is 14.1. The SMILES string of the molecule is CCCCN1C(=O)C(CC(C)C)NC(=O)C12CCN(Cc1ccc(Oc3ccc(N(C)C)cc3)cc1)CC2. The fourth-order valence-corrected chi connectivity index (χ4v) is 5.60. The van der Waals surface area contributed by atoms with Gasteiger partial charge in [-0.1, -0.05) is 39.3 Å². The second-order valence-corrected chi connectivity index (χ2v) is 11.4. The molecule has 2 aromatic rings. The summed E-state index contributed by atoms with van der Waals surface area (Å²) in [5, 5.41) is 3.10. The van der Waals surface area contributed by atoms with Crippen molar-refractivity contribution in [3.8, 4) is 11.5 Å². The van der Waals surface area contributed by atoms with E-state index in [-0.39, 0.29) is 11.8 Å². The van der Waals surface area contributed by atoms with Crippen LogP contribution in [-0.2, 0) is 16.1 Å². The van der Waals surface area contributed by atoms with Gasteiger partial charge < -0.3 is 19.9 Å². The highest BCUT2D eigenvalue weighted by Gasteiger charge is 2.53. The number of piperidine rings is 1. The number of anilines is 1. The van der Waals surface area contributed by atoms with E-state index < -0.39 is 11.6 Å². The van der Waals surface area contributed by atoms with Gasteiger partial charge in [0, 0.05) is 46.0 Å². The summed E-state index contributed by atoms with van der Waals surface area (Å²) in [5.74, 6) is 2.12. The maximum absolute atomic E-state index is 13.5.